The summed E-state index contributed by atoms with van der Waals surface area (Å²) in [5.41, 5.74) is 0.615. The van der Waals surface area contributed by atoms with E-state index in [4.69, 9.17) is 0 Å². The number of carbonyl (C=O) groups excluding carboxylic acids is 1. The standard InChI is InChI=1S/C9H8FN3O/c1-5-8(10)9-11-7(6(2)14)3-4-13(9)12-5/h3-4H,1-2H3. The van der Waals surface area contributed by atoms with Gasteiger partial charge in [0.05, 0.1) is 5.69 Å². The van der Waals surface area contributed by atoms with Gasteiger partial charge in [-0.1, -0.05) is 0 Å². The lowest BCUT2D eigenvalue weighted by atomic mass is 10.3. The summed E-state index contributed by atoms with van der Waals surface area (Å²) < 4.78 is 14.7. The van der Waals surface area contributed by atoms with Gasteiger partial charge in [0.2, 0.25) is 0 Å². The predicted octanol–water partition coefficient (Wildman–Crippen LogP) is 1.38. The molecule has 0 aliphatic carbocycles. The maximum atomic E-state index is 13.3. The van der Waals surface area contributed by atoms with E-state index < -0.39 is 5.82 Å². The van der Waals surface area contributed by atoms with Crippen molar-refractivity contribution in [1.29, 1.82) is 0 Å². The van der Waals surface area contributed by atoms with Crippen molar-refractivity contribution >= 4 is 11.4 Å². The molecule has 72 valence electrons. The molecule has 0 amide bonds. The van der Waals surface area contributed by atoms with Crippen LogP contribution in [0.5, 0.6) is 0 Å². The van der Waals surface area contributed by atoms with Crippen LogP contribution in [-0.4, -0.2) is 20.4 Å². The van der Waals surface area contributed by atoms with Gasteiger partial charge in [0.1, 0.15) is 5.69 Å². The highest BCUT2D eigenvalue weighted by molar-refractivity contribution is 5.92. The summed E-state index contributed by atoms with van der Waals surface area (Å²) in [5.74, 6) is -0.668. The number of hydrogen-bond acceptors (Lipinski definition) is 3. The molecule has 0 spiro atoms. The Labute approximate surface area is 79.4 Å². The molecule has 0 saturated carbocycles. The van der Waals surface area contributed by atoms with Crippen LogP contribution in [0, 0.1) is 12.7 Å². The van der Waals surface area contributed by atoms with Crippen LogP contribution < -0.4 is 0 Å². The molecule has 2 aromatic heterocycles. The van der Waals surface area contributed by atoms with Crippen molar-refractivity contribution in [3.8, 4) is 0 Å². The summed E-state index contributed by atoms with van der Waals surface area (Å²) in [6.07, 6.45) is 1.52. The molecule has 0 saturated heterocycles. The monoisotopic (exact) mass is 193 g/mol. The Morgan fingerprint density at radius 1 is 1.57 bits per heavy atom. The molecular formula is C9H8FN3O. The second kappa shape index (κ2) is 2.87. The topological polar surface area (TPSA) is 47.3 Å². The largest absolute Gasteiger partial charge is 0.293 e. The number of fused-ring (bicyclic) bond motifs is 1. The van der Waals surface area contributed by atoms with Gasteiger partial charge in [-0.25, -0.2) is 13.9 Å². The van der Waals surface area contributed by atoms with Crippen LogP contribution in [0.4, 0.5) is 4.39 Å². The number of rotatable bonds is 1. The van der Waals surface area contributed by atoms with Crippen molar-refractivity contribution in [3.63, 3.8) is 0 Å². The van der Waals surface area contributed by atoms with Gasteiger partial charge in [-0.15, -0.1) is 0 Å². The molecule has 0 aromatic carbocycles. The molecule has 2 aromatic rings. The number of hydrogen-bond donors (Lipinski definition) is 0. The number of carbonyl (C=O) groups is 1. The Morgan fingerprint density at radius 3 is 2.93 bits per heavy atom. The lowest BCUT2D eigenvalue weighted by Gasteiger charge is -1.95. The van der Waals surface area contributed by atoms with Gasteiger partial charge < -0.3 is 0 Å². The molecule has 14 heavy (non-hydrogen) atoms. The van der Waals surface area contributed by atoms with E-state index in [9.17, 15) is 9.18 Å². The van der Waals surface area contributed by atoms with Crippen LogP contribution in [0.1, 0.15) is 23.1 Å². The second-order valence-electron chi connectivity index (χ2n) is 3.04. The van der Waals surface area contributed by atoms with E-state index in [-0.39, 0.29) is 22.8 Å². The molecule has 0 aliphatic rings. The first-order chi connectivity index (χ1) is 6.59. The molecule has 0 N–H and O–H groups in total. The van der Waals surface area contributed by atoms with Crippen molar-refractivity contribution in [2.75, 3.05) is 0 Å². The Kier molecular flexibility index (Phi) is 1.80. The summed E-state index contributed by atoms with van der Waals surface area (Å²) in [6, 6.07) is 1.52. The molecule has 0 atom stereocenters. The molecule has 5 heteroatoms. The van der Waals surface area contributed by atoms with E-state index in [1.807, 2.05) is 0 Å². The second-order valence-corrected chi connectivity index (χ2v) is 3.04. The Hall–Kier alpha value is -1.78. The number of Topliss-reactive ketones (excluding diaryl/α,β-unsaturated/α-hetero) is 1. The van der Waals surface area contributed by atoms with Gasteiger partial charge in [0.25, 0.3) is 0 Å². The third-order valence-electron chi connectivity index (χ3n) is 1.95. The lowest BCUT2D eigenvalue weighted by molar-refractivity contribution is 0.101. The Bertz CT molecular complexity index is 518. The zero-order chi connectivity index (χ0) is 10.3. The third kappa shape index (κ3) is 1.17. The highest BCUT2D eigenvalue weighted by Crippen LogP contribution is 2.11. The molecule has 0 bridgehead atoms. The maximum absolute atomic E-state index is 13.3. The van der Waals surface area contributed by atoms with Crippen molar-refractivity contribution in [2.24, 2.45) is 0 Å². The van der Waals surface area contributed by atoms with Gasteiger partial charge in [0.15, 0.2) is 17.2 Å². The number of aryl methyl sites for hydroxylation is 1. The molecule has 0 fully saturated rings. The molecule has 4 nitrogen and oxygen atoms in total. The molecule has 2 rings (SSSR count). The third-order valence-corrected chi connectivity index (χ3v) is 1.95. The average molecular weight is 193 g/mol. The minimum absolute atomic E-state index is 0.0928. The van der Waals surface area contributed by atoms with E-state index in [1.54, 1.807) is 6.92 Å². The number of nitrogens with zero attached hydrogens (tertiary/aromatic N) is 3. The van der Waals surface area contributed by atoms with Crippen LogP contribution >= 0.6 is 0 Å². The van der Waals surface area contributed by atoms with Crippen LogP contribution in [0.3, 0.4) is 0 Å². The van der Waals surface area contributed by atoms with Gasteiger partial charge >= 0.3 is 0 Å². The summed E-state index contributed by atoms with van der Waals surface area (Å²) in [7, 11) is 0. The highest BCUT2D eigenvalue weighted by atomic mass is 19.1. The minimum atomic E-state index is -0.479. The SMILES string of the molecule is CC(=O)c1ccn2nc(C)c(F)c2n1. The van der Waals surface area contributed by atoms with Crippen LogP contribution in [-0.2, 0) is 0 Å². The van der Waals surface area contributed by atoms with Gasteiger partial charge in [0, 0.05) is 13.1 Å². The zero-order valence-electron chi connectivity index (χ0n) is 7.78. The fraction of sp³-hybridized carbons (Fsp3) is 0.222. The average Bonchev–Trinajstić information content (AvgIpc) is 2.43. The zero-order valence-corrected chi connectivity index (χ0v) is 7.78. The van der Waals surface area contributed by atoms with Crippen molar-refractivity contribution in [3.05, 3.63) is 29.5 Å². The fourth-order valence-corrected chi connectivity index (χ4v) is 1.21. The molecule has 0 unspecified atom stereocenters. The van der Waals surface area contributed by atoms with E-state index in [0.717, 1.165) is 0 Å². The number of halogens is 1. The Morgan fingerprint density at radius 2 is 2.29 bits per heavy atom. The summed E-state index contributed by atoms with van der Waals surface area (Å²) in [5, 5.41) is 3.88. The van der Waals surface area contributed by atoms with E-state index >= 15 is 0 Å². The van der Waals surface area contributed by atoms with Gasteiger partial charge in [-0.2, -0.15) is 5.10 Å². The number of ketones is 1. The summed E-state index contributed by atoms with van der Waals surface area (Å²) >= 11 is 0. The highest BCUT2D eigenvalue weighted by Gasteiger charge is 2.11. The normalized spacial score (nSPS) is 10.8. The van der Waals surface area contributed by atoms with Gasteiger partial charge in [-0.3, -0.25) is 4.79 Å². The van der Waals surface area contributed by atoms with Crippen molar-refractivity contribution in [2.45, 2.75) is 13.8 Å². The van der Waals surface area contributed by atoms with E-state index in [2.05, 4.69) is 10.1 Å². The van der Waals surface area contributed by atoms with Crippen LogP contribution in [0.25, 0.3) is 5.65 Å². The molecule has 0 radical (unpaired) electrons. The molecular weight excluding hydrogens is 185 g/mol. The van der Waals surface area contributed by atoms with Crippen molar-refractivity contribution in [1.82, 2.24) is 14.6 Å². The maximum Gasteiger partial charge on any atom is 0.192 e. The predicted molar refractivity (Wildman–Crippen MR) is 47.7 cm³/mol. The van der Waals surface area contributed by atoms with Crippen LogP contribution in [0.2, 0.25) is 0 Å². The van der Waals surface area contributed by atoms with E-state index in [1.165, 1.54) is 23.7 Å². The summed E-state index contributed by atoms with van der Waals surface area (Å²) in [4.78, 5) is 14.9. The first-order valence-corrected chi connectivity index (χ1v) is 4.12. The Balaban J connectivity index is 2.76. The fourth-order valence-electron chi connectivity index (χ4n) is 1.21. The molecule has 2 heterocycles. The van der Waals surface area contributed by atoms with Crippen molar-refractivity contribution < 1.29 is 9.18 Å². The molecule has 0 aliphatic heterocycles. The lowest BCUT2D eigenvalue weighted by Crippen LogP contribution is -2.00. The smallest absolute Gasteiger partial charge is 0.192 e. The quantitative estimate of drug-likeness (QED) is 0.643. The minimum Gasteiger partial charge on any atom is -0.293 e. The first kappa shape index (κ1) is 8.80. The van der Waals surface area contributed by atoms with Crippen LogP contribution in [0.15, 0.2) is 12.3 Å². The number of aromatic nitrogens is 3. The van der Waals surface area contributed by atoms with E-state index in [0.29, 0.717) is 0 Å². The first-order valence-electron chi connectivity index (χ1n) is 4.12. The van der Waals surface area contributed by atoms with Gasteiger partial charge in [-0.05, 0) is 13.0 Å². The summed E-state index contributed by atoms with van der Waals surface area (Å²) in [6.45, 7) is 2.94.